The Kier molecular flexibility index (Phi) is 4.77. The van der Waals surface area contributed by atoms with Crippen LogP contribution in [0.4, 0.5) is 0 Å². The molecule has 0 saturated heterocycles. The van der Waals surface area contributed by atoms with E-state index in [1.165, 1.54) is 6.07 Å². The fourth-order valence-corrected chi connectivity index (χ4v) is 2.18. The van der Waals surface area contributed by atoms with Gasteiger partial charge in [-0.3, -0.25) is 0 Å². The Balaban J connectivity index is 4.16. The van der Waals surface area contributed by atoms with Crippen LogP contribution in [0.3, 0.4) is 0 Å². The second-order valence-corrected chi connectivity index (χ2v) is 4.27. The third-order valence-corrected chi connectivity index (χ3v) is 3.29. The van der Waals surface area contributed by atoms with E-state index in [2.05, 4.69) is 0 Å². The molecule has 1 aromatic carbocycles. The molecule has 0 aliphatic carbocycles. The van der Waals surface area contributed by atoms with Crippen molar-refractivity contribution < 1.29 is 0 Å². The molecule has 0 aliphatic rings. The van der Waals surface area contributed by atoms with Crippen LogP contribution in [0.25, 0.3) is 11.1 Å². The Morgan fingerprint density at radius 1 is 0.789 bits per heavy atom. The quantitative estimate of drug-likeness (QED) is 0.685. The first kappa shape index (κ1) is 14.8. The molecule has 19 heavy (non-hydrogen) atoms. The van der Waals surface area contributed by atoms with Crippen molar-refractivity contribution in [3.63, 3.8) is 0 Å². The normalized spacial score (nSPS) is 8.58. The molecule has 7 heteroatoms. The van der Waals surface area contributed by atoms with Crippen LogP contribution in [-0.2, 0) is 0 Å². The third-order valence-electron chi connectivity index (χ3n) is 2.13. The number of rotatable bonds is 0. The van der Waals surface area contributed by atoms with Crippen molar-refractivity contribution >= 4 is 45.9 Å². The summed E-state index contributed by atoms with van der Waals surface area (Å²) in [5.41, 5.74) is -0.574. The van der Waals surface area contributed by atoms with Gasteiger partial charge in [0.15, 0.2) is 0 Å². The lowest BCUT2D eigenvalue weighted by atomic mass is 10.1. The minimum absolute atomic E-state index is 0.0164. The molecule has 0 unspecified atom stereocenters. The zero-order valence-corrected chi connectivity index (χ0v) is 11.3. The molecule has 0 N–H and O–H groups in total. The molecule has 0 heterocycles. The predicted octanol–water partition coefficient (Wildman–Crippen LogP) is 2.04. The van der Waals surface area contributed by atoms with E-state index < -0.39 is 0 Å². The Bertz CT molecular complexity index is 810. The number of nitrogens with zero attached hydrogens (tertiary/aromatic N) is 4. The SMILES string of the molecule is N#CC(C#N)=c1cc(Cl)c(=C(C#N)C#N)c(Cl)c1Cl. The van der Waals surface area contributed by atoms with E-state index in [4.69, 9.17) is 55.9 Å². The lowest BCUT2D eigenvalue weighted by Crippen LogP contribution is -2.18. The van der Waals surface area contributed by atoms with Gasteiger partial charge in [-0.05, 0) is 6.07 Å². The summed E-state index contributed by atoms with van der Waals surface area (Å²) in [4.78, 5) is 0. The fraction of sp³-hybridized carbons (Fsp3) is 0. The van der Waals surface area contributed by atoms with Crippen LogP contribution in [-0.4, -0.2) is 0 Å². The predicted molar refractivity (Wildman–Crippen MR) is 70.0 cm³/mol. The molecule has 0 bridgehead atoms. The first-order valence-electron chi connectivity index (χ1n) is 4.54. The summed E-state index contributed by atoms with van der Waals surface area (Å²) in [6.07, 6.45) is 0. The highest BCUT2D eigenvalue weighted by atomic mass is 35.5. The van der Waals surface area contributed by atoms with Crippen molar-refractivity contribution in [2.75, 3.05) is 0 Å². The van der Waals surface area contributed by atoms with Crippen LogP contribution in [0.1, 0.15) is 0 Å². The fourth-order valence-electron chi connectivity index (χ4n) is 1.29. The van der Waals surface area contributed by atoms with Crippen molar-refractivity contribution in [2.24, 2.45) is 0 Å². The highest BCUT2D eigenvalue weighted by molar-refractivity contribution is 6.43. The molecule has 1 rings (SSSR count). The minimum atomic E-state index is -0.307. The number of halogens is 3. The van der Waals surface area contributed by atoms with E-state index in [0.29, 0.717) is 0 Å². The molecule has 0 fully saturated rings. The highest BCUT2D eigenvalue weighted by Gasteiger charge is 2.12. The number of hydrogen-bond donors (Lipinski definition) is 0. The molecule has 0 radical (unpaired) electrons. The first-order valence-corrected chi connectivity index (χ1v) is 5.67. The summed E-state index contributed by atoms with van der Waals surface area (Å²) in [7, 11) is 0. The van der Waals surface area contributed by atoms with Gasteiger partial charge in [-0.15, -0.1) is 0 Å². The summed E-state index contributed by atoms with van der Waals surface area (Å²) < 4.78 is 0. The molecule has 0 aromatic heterocycles. The standard InChI is InChI=1S/C12HCl3N4/c13-9-1-8(6(2-16)3-17)11(14)12(15)10(9)7(4-18)5-19/h1H. The maximum atomic E-state index is 8.81. The maximum absolute atomic E-state index is 8.81. The van der Waals surface area contributed by atoms with Gasteiger partial charge in [0.1, 0.15) is 35.4 Å². The molecular weight excluding hydrogens is 307 g/mol. The Morgan fingerprint density at radius 2 is 1.26 bits per heavy atom. The topological polar surface area (TPSA) is 95.2 Å². The van der Waals surface area contributed by atoms with Gasteiger partial charge in [0.05, 0.1) is 15.1 Å². The van der Waals surface area contributed by atoms with E-state index in [9.17, 15) is 0 Å². The van der Waals surface area contributed by atoms with E-state index in [-0.39, 0.29) is 36.7 Å². The van der Waals surface area contributed by atoms with Crippen LogP contribution in [0, 0.1) is 45.3 Å². The van der Waals surface area contributed by atoms with Gasteiger partial charge < -0.3 is 0 Å². The summed E-state index contributed by atoms with van der Waals surface area (Å²) in [5.74, 6) is 0. The van der Waals surface area contributed by atoms with Gasteiger partial charge in [-0.25, -0.2) is 0 Å². The lowest BCUT2D eigenvalue weighted by molar-refractivity contribution is 1.46. The number of nitriles is 4. The van der Waals surface area contributed by atoms with Gasteiger partial charge in [-0.1, -0.05) is 34.8 Å². The third kappa shape index (κ3) is 2.63. The average Bonchev–Trinajstić information content (AvgIpc) is 2.41. The van der Waals surface area contributed by atoms with Gasteiger partial charge >= 0.3 is 0 Å². The Hall–Kier alpha value is -2.21. The monoisotopic (exact) mass is 306 g/mol. The van der Waals surface area contributed by atoms with E-state index >= 15 is 0 Å². The van der Waals surface area contributed by atoms with E-state index in [1.807, 2.05) is 0 Å². The summed E-state index contributed by atoms with van der Waals surface area (Å²) in [6, 6.07) is 7.83. The minimum Gasteiger partial charge on any atom is -0.192 e. The van der Waals surface area contributed by atoms with Crippen molar-refractivity contribution in [1.29, 1.82) is 21.0 Å². The number of hydrogen-bond acceptors (Lipinski definition) is 4. The second kappa shape index (κ2) is 6.10. The molecule has 0 aliphatic heterocycles. The largest absolute Gasteiger partial charge is 0.192 e. The van der Waals surface area contributed by atoms with Gasteiger partial charge in [0.2, 0.25) is 0 Å². The molecule has 1 aromatic rings. The van der Waals surface area contributed by atoms with Gasteiger partial charge in [0.25, 0.3) is 0 Å². The molecule has 0 amide bonds. The molecular formula is C12HCl3N4. The van der Waals surface area contributed by atoms with Crippen LogP contribution in [0.15, 0.2) is 6.07 Å². The smallest absolute Gasteiger partial charge is 0.139 e. The van der Waals surface area contributed by atoms with E-state index in [1.54, 1.807) is 24.3 Å². The van der Waals surface area contributed by atoms with Crippen molar-refractivity contribution in [1.82, 2.24) is 0 Å². The highest BCUT2D eigenvalue weighted by Crippen LogP contribution is 2.18. The van der Waals surface area contributed by atoms with Crippen LogP contribution < -0.4 is 10.4 Å². The van der Waals surface area contributed by atoms with Crippen molar-refractivity contribution in [2.45, 2.75) is 0 Å². The lowest BCUT2D eigenvalue weighted by Gasteiger charge is -2.01. The first-order chi connectivity index (χ1) is 9.01. The second-order valence-electron chi connectivity index (χ2n) is 3.11. The molecule has 0 saturated carbocycles. The molecule has 0 atom stereocenters. The van der Waals surface area contributed by atoms with Crippen LogP contribution in [0.2, 0.25) is 15.1 Å². The van der Waals surface area contributed by atoms with E-state index in [0.717, 1.165) is 0 Å². The summed E-state index contributed by atoms with van der Waals surface area (Å²) >= 11 is 17.8. The zero-order valence-electron chi connectivity index (χ0n) is 9.00. The number of benzene rings is 1. The Morgan fingerprint density at radius 3 is 1.68 bits per heavy atom. The van der Waals surface area contributed by atoms with Crippen LogP contribution in [0.5, 0.6) is 0 Å². The van der Waals surface area contributed by atoms with Gasteiger partial charge in [0, 0.05) is 10.4 Å². The molecule has 90 valence electrons. The van der Waals surface area contributed by atoms with Crippen molar-refractivity contribution in [3.8, 4) is 24.3 Å². The van der Waals surface area contributed by atoms with Crippen molar-refractivity contribution in [3.05, 3.63) is 31.6 Å². The maximum Gasteiger partial charge on any atom is 0.139 e. The summed E-state index contributed by atoms with van der Waals surface area (Å²) in [6.45, 7) is 0. The average molecular weight is 308 g/mol. The zero-order chi connectivity index (χ0) is 14.6. The Labute approximate surface area is 123 Å². The van der Waals surface area contributed by atoms with Gasteiger partial charge in [-0.2, -0.15) is 21.0 Å². The molecule has 4 nitrogen and oxygen atoms in total. The molecule has 0 spiro atoms. The summed E-state index contributed by atoms with van der Waals surface area (Å²) in [5, 5.41) is 35.0. The van der Waals surface area contributed by atoms with Crippen LogP contribution >= 0.6 is 34.8 Å².